The van der Waals surface area contributed by atoms with Crippen molar-refractivity contribution < 1.29 is 0 Å². The average Bonchev–Trinajstić information content (AvgIpc) is 3.13. The molecule has 1 fully saturated rings. The molecule has 0 amide bonds. The van der Waals surface area contributed by atoms with Crippen molar-refractivity contribution in [2.75, 3.05) is 23.3 Å². The number of nitrogens with zero attached hydrogens (tertiary/aromatic N) is 5. The first-order valence-electron chi connectivity index (χ1n) is 9.43. The van der Waals surface area contributed by atoms with Crippen molar-refractivity contribution in [2.45, 2.75) is 39.2 Å². The number of rotatable bonds is 5. The Bertz CT molecular complexity index is 886. The van der Waals surface area contributed by atoms with E-state index < -0.39 is 0 Å². The van der Waals surface area contributed by atoms with Crippen molar-refractivity contribution in [3.8, 4) is 11.4 Å². The van der Waals surface area contributed by atoms with Gasteiger partial charge in [0.15, 0.2) is 11.0 Å². The molecular formula is C20H24N6S. The summed E-state index contributed by atoms with van der Waals surface area (Å²) < 4.78 is 0. The maximum atomic E-state index is 4.84. The summed E-state index contributed by atoms with van der Waals surface area (Å²) in [7, 11) is 0. The highest BCUT2D eigenvalue weighted by Crippen LogP contribution is 2.25. The summed E-state index contributed by atoms with van der Waals surface area (Å²) in [4.78, 5) is 20.5. The second kappa shape index (κ2) is 8.00. The normalized spacial score (nSPS) is 15.1. The Labute approximate surface area is 163 Å². The lowest BCUT2D eigenvalue weighted by Crippen LogP contribution is -2.39. The first-order chi connectivity index (χ1) is 13.2. The van der Waals surface area contributed by atoms with Crippen molar-refractivity contribution in [1.29, 1.82) is 0 Å². The van der Waals surface area contributed by atoms with Crippen molar-refractivity contribution in [2.24, 2.45) is 0 Å². The third-order valence-electron chi connectivity index (χ3n) is 4.83. The third-order valence-corrected chi connectivity index (χ3v) is 5.72. The molecule has 0 radical (unpaired) electrons. The maximum Gasteiger partial charge on any atom is 0.183 e. The number of piperidine rings is 1. The summed E-state index contributed by atoms with van der Waals surface area (Å²) in [5.41, 5.74) is 3.17. The summed E-state index contributed by atoms with van der Waals surface area (Å²) in [6, 6.07) is 6.52. The standard InChI is InChI=1S/C20H24N6S/c1-3-16-12-18(25-19(23-16)15-4-8-21-9-5-15)26-10-6-17(7-11-26)24-20-22-14(2)13-27-20/h4-5,8-9,12-13,17H,3,6-7,10-11H2,1-2H3,(H,22,24). The van der Waals surface area contributed by atoms with Gasteiger partial charge in [-0.05, 0) is 38.3 Å². The van der Waals surface area contributed by atoms with Gasteiger partial charge in [0.05, 0.1) is 5.69 Å². The van der Waals surface area contributed by atoms with Crippen LogP contribution in [0.5, 0.6) is 0 Å². The number of thiazole rings is 1. The molecule has 0 spiro atoms. The van der Waals surface area contributed by atoms with Crippen LogP contribution in [0, 0.1) is 6.92 Å². The Morgan fingerprint density at radius 1 is 1.15 bits per heavy atom. The van der Waals surface area contributed by atoms with Crippen LogP contribution < -0.4 is 10.2 Å². The molecule has 0 saturated carbocycles. The first kappa shape index (κ1) is 17.9. The van der Waals surface area contributed by atoms with Crippen LogP contribution in [0.1, 0.15) is 31.2 Å². The molecule has 3 aromatic rings. The van der Waals surface area contributed by atoms with Crippen molar-refractivity contribution >= 4 is 22.3 Å². The molecule has 4 rings (SSSR count). The van der Waals surface area contributed by atoms with Gasteiger partial charge in [0.1, 0.15) is 5.82 Å². The Morgan fingerprint density at radius 2 is 1.93 bits per heavy atom. The fourth-order valence-electron chi connectivity index (χ4n) is 3.30. The highest BCUT2D eigenvalue weighted by molar-refractivity contribution is 7.13. The monoisotopic (exact) mass is 380 g/mol. The van der Waals surface area contributed by atoms with E-state index in [0.29, 0.717) is 6.04 Å². The van der Waals surface area contributed by atoms with E-state index in [1.54, 1.807) is 23.7 Å². The lowest BCUT2D eigenvalue weighted by atomic mass is 10.1. The number of anilines is 2. The fraction of sp³-hybridized carbons (Fsp3) is 0.400. The van der Waals surface area contributed by atoms with Gasteiger partial charge >= 0.3 is 0 Å². The molecule has 0 bridgehead atoms. The number of hydrogen-bond donors (Lipinski definition) is 1. The number of aryl methyl sites for hydroxylation is 2. The van der Waals surface area contributed by atoms with E-state index in [2.05, 4.69) is 38.6 Å². The first-order valence-corrected chi connectivity index (χ1v) is 10.3. The summed E-state index contributed by atoms with van der Waals surface area (Å²) in [5, 5.41) is 6.69. The van der Waals surface area contributed by atoms with Crippen LogP contribution in [0.3, 0.4) is 0 Å². The second-order valence-electron chi connectivity index (χ2n) is 6.83. The predicted molar refractivity (Wildman–Crippen MR) is 110 cm³/mol. The Kier molecular flexibility index (Phi) is 5.29. The topological polar surface area (TPSA) is 66.8 Å². The van der Waals surface area contributed by atoms with E-state index in [1.165, 1.54) is 0 Å². The van der Waals surface area contributed by atoms with Gasteiger partial charge in [-0.2, -0.15) is 0 Å². The van der Waals surface area contributed by atoms with Gasteiger partial charge in [-0.15, -0.1) is 11.3 Å². The summed E-state index contributed by atoms with van der Waals surface area (Å²) in [6.07, 6.45) is 6.63. The van der Waals surface area contributed by atoms with E-state index in [-0.39, 0.29) is 0 Å². The van der Waals surface area contributed by atoms with Gasteiger partial charge in [-0.3, -0.25) is 4.98 Å². The largest absolute Gasteiger partial charge is 0.359 e. The molecule has 140 valence electrons. The zero-order valence-electron chi connectivity index (χ0n) is 15.7. The Hall–Kier alpha value is -2.54. The Balaban J connectivity index is 1.47. The predicted octanol–water partition coefficient (Wildman–Crippen LogP) is 3.95. The Morgan fingerprint density at radius 3 is 2.59 bits per heavy atom. The number of aromatic nitrogens is 4. The quantitative estimate of drug-likeness (QED) is 0.723. The van der Waals surface area contributed by atoms with Crippen molar-refractivity contribution in [3.05, 3.63) is 47.4 Å². The minimum absolute atomic E-state index is 0.471. The molecule has 0 aromatic carbocycles. The van der Waals surface area contributed by atoms with Gasteiger partial charge in [-0.1, -0.05) is 6.92 Å². The molecular weight excluding hydrogens is 356 g/mol. The number of nitrogens with one attached hydrogen (secondary N) is 1. The van der Waals surface area contributed by atoms with Crippen LogP contribution in [0.25, 0.3) is 11.4 Å². The number of pyridine rings is 1. The maximum absolute atomic E-state index is 4.84. The molecule has 0 aliphatic carbocycles. The molecule has 3 aromatic heterocycles. The van der Waals surface area contributed by atoms with E-state index in [0.717, 1.165) is 66.1 Å². The second-order valence-corrected chi connectivity index (χ2v) is 7.69. The summed E-state index contributed by atoms with van der Waals surface area (Å²) in [6.45, 7) is 6.13. The van der Waals surface area contributed by atoms with E-state index in [1.807, 2.05) is 19.1 Å². The summed E-state index contributed by atoms with van der Waals surface area (Å²) >= 11 is 1.68. The van der Waals surface area contributed by atoms with Crippen LogP contribution in [0.4, 0.5) is 10.9 Å². The van der Waals surface area contributed by atoms with E-state index >= 15 is 0 Å². The molecule has 7 heteroatoms. The molecule has 0 atom stereocenters. The van der Waals surface area contributed by atoms with E-state index in [4.69, 9.17) is 9.97 Å². The van der Waals surface area contributed by atoms with Crippen LogP contribution in [0.2, 0.25) is 0 Å². The molecule has 1 N–H and O–H groups in total. The molecule has 4 heterocycles. The van der Waals surface area contributed by atoms with E-state index in [9.17, 15) is 0 Å². The highest BCUT2D eigenvalue weighted by Gasteiger charge is 2.22. The smallest absolute Gasteiger partial charge is 0.183 e. The number of hydrogen-bond acceptors (Lipinski definition) is 7. The molecule has 27 heavy (non-hydrogen) atoms. The van der Waals surface area contributed by atoms with Gasteiger partial charge in [0.2, 0.25) is 0 Å². The van der Waals surface area contributed by atoms with Gasteiger partial charge in [0.25, 0.3) is 0 Å². The SMILES string of the molecule is CCc1cc(N2CCC(Nc3nc(C)cs3)CC2)nc(-c2ccncc2)n1. The van der Waals surface area contributed by atoms with Gasteiger partial charge < -0.3 is 10.2 Å². The molecule has 1 saturated heterocycles. The summed E-state index contributed by atoms with van der Waals surface area (Å²) in [5.74, 6) is 1.81. The molecule has 6 nitrogen and oxygen atoms in total. The highest BCUT2D eigenvalue weighted by atomic mass is 32.1. The molecule has 0 unspecified atom stereocenters. The van der Waals surface area contributed by atoms with Gasteiger partial charge in [-0.25, -0.2) is 15.0 Å². The minimum atomic E-state index is 0.471. The van der Waals surface area contributed by atoms with Crippen LogP contribution >= 0.6 is 11.3 Å². The molecule has 1 aliphatic rings. The fourth-order valence-corrected chi connectivity index (χ4v) is 4.07. The lowest BCUT2D eigenvalue weighted by molar-refractivity contribution is 0.523. The van der Waals surface area contributed by atoms with Crippen LogP contribution in [-0.2, 0) is 6.42 Å². The van der Waals surface area contributed by atoms with Crippen molar-refractivity contribution in [3.63, 3.8) is 0 Å². The zero-order valence-corrected chi connectivity index (χ0v) is 16.5. The van der Waals surface area contributed by atoms with Crippen LogP contribution in [-0.4, -0.2) is 39.1 Å². The van der Waals surface area contributed by atoms with Crippen LogP contribution in [0.15, 0.2) is 36.0 Å². The minimum Gasteiger partial charge on any atom is -0.359 e. The van der Waals surface area contributed by atoms with Crippen molar-refractivity contribution in [1.82, 2.24) is 19.9 Å². The van der Waals surface area contributed by atoms with Gasteiger partial charge in [0, 0.05) is 54.2 Å². The third kappa shape index (κ3) is 4.24. The zero-order chi connectivity index (χ0) is 18.6. The molecule has 1 aliphatic heterocycles. The lowest BCUT2D eigenvalue weighted by Gasteiger charge is -2.33. The average molecular weight is 381 g/mol.